The summed E-state index contributed by atoms with van der Waals surface area (Å²) in [6.07, 6.45) is 0. The quantitative estimate of drug-likeness (QED) is 0.145. The van der Waals surface area contributed by atoms with Gasteiger partial charge in [0.05, 0.1) is 11.0 Å². The van der Waals surface area contributed by atoms with Crippen molar-refractivity contribution in [2.45, 2.75) is 0 Å². The molecule has 14 rings (SSSR count). The maximum absolute atomic E-state index is 5.06. The number of hydrogen-bond donors (Lipinski definition) is 0. The number of fused-ring (bicyclic) bond motifs is 6. The van der Waals surface area contributed by atoms with Gasteiger partial charge < -0.3 is 4.57 Å². The van der Waals surface area contributed by atoms with Gasteiger partial charge in [-0.1, -0.05) is 194 Å². The highest BCUT2D eigenvalue weighted by molar-refractivity contribution is 7.25. The van der Waals surface area contributed by atoms with E-state index in [2.05, 4.69) is 211 Å². The van der Waals surface area contributed by atoms with Crippen LogP contribution in [0.1, 0.15) is 0 Å². The molecule has 74 heavy (non-hydrogen) atoms. The van der Waals surface area contributed by atoms with Crippen molar-refractivity contribution in [3.05, 3.63) is 267 Å². The zero-order valence-corrected chi connectivity index (χ0v) is 40.9. The highest BCUT2D eigenvalue weighted by atomic mass is 32.1. The molecule has 346 valence electrons. The van der Waals surface area contributed by atoms with Gasteiger partial charge in [-0.3, -0.25) is 0 Å². The minimum Gasteiger partial charge on any atom is -0.309 e. The molecule has 5 heteroatoms. The van der Waals surface area contributed by atoms with Crippen LogP contribution in [0.5, 0.6) is 0 Å². The van der Waals surface area contributed by atoms with E-state index in [-0.39, 0.29) is 0 Å². The van der Waals surface area contributed by atoms with E-state index < -0.39 is 0 Å². The molecule has 0 saturated heterocycles. The third kappa shape index (κ3) is 7.75. The zero-order chi connectivity index (χ0) is 49.0. The van der Waals surface area contributed by atoms with Crippen LogP contribution < -0.4 is 0 Å². The Labute approximate surface area is 432 Å². The topological polar surface area (TPSA) is 43.6 Å². The lowest BCUT2D eigenvalue weighted by atomic mass is 9.84. The van der Waals surface area contributed by atoms with Gasteiger partial charge >= 0.3 is 0 Å². The van der Waals surface area contributed by atoms with Gasteiger partial charge in [0.15, 0.2) is 17.5 Å². The van der Waals surface area contributed by atoms with Crippen molar-refractivity contribution < 1.29 is 0 Å². The molecule has 4 nitrogen and oxygen atoms in total. The lowest BCUT2D eigenvalue weighted by Gasteiger charge is -2.19. The molecule has 0 aliphatic rings. The lowest BCUT2D eigenvalue weighted by molar-refractivity contribution is 1.07. The molecule has 0 spiro atoms. The average Bonchev–Trinajstić information content (AvgIpc) is 4.02. The van der Waals surface area contributed by atoms with Crippen molar-refractivity contribution in [1.82, 2.24) is 19.5 Å². The molecule has 0 bridgehead atoms. The predicted octanol–water partition coefficient (Wildman–Crippen LogP) is 18.7. The molecular weight excluding hydrogens is 917 g/mol. The minimum absolute atomic E-state index is 0.650. The first-order valence-corrected chi connectivity index (χ1v) is 25.8. The lowest BCUT2D eigenvalue weighted by Crippen LogP contribution is -2.00. The van der Waals surface area contributed by atoms with Crippen molar-refractivity contribution >= 4 is 53.3 Å². The van der Waals surface area contributed by atoms with Crippen LogP contribution in [0.25, 0.3) is 137 Å². The van der Waals surface area contributed by atoms with Gasteiger partial charge in [0.2, 0.25) is 0 Å². The standard InChI is InChI=1S/C69H44N4S/c1-6-19-45(20-7-1)57-43-54(44-58(46-21-8-2-9-22-46)66(57)47-23-10-3-11-24-47)50-29-18-30-55(39-50)73-62-32-17-16-31-56(62)59-40-51(33-36-63(59)73)52-34-37-64-60(41-52)61-42-53(35-38-65(61)74-64)69-71-67(48-25-12-4-13-26-48)70-68(72-69)49-27-14-5-15-28-49/h1-44H. The molecule has 14 aromatic rings. The summed E-state index contributed by atoms with van der Waals surface area (Å²) in [6.45, 7) is 0. The number of rotatable bonds is 9. The number of hydrogen-bond acceptors (Lipinski definition) is 4. The Hall–Kier alpha value is -9.55. The molecule has 3 heterocycles. The number of para-hydroxylation sites is 1. The number of thiophene rings is 1. The van der Waals surface area contributed by atoms with Gasteiger partial charge in [-0.05, 0) is 128 Å². The molecule has 0 radical (unpaired) electrons. The third-order valence-electron chi connectivity index (χ3n) is 14.2. The van der Waals surface area contributed by atoms with Crippen LogP contribution in [0.3, 0.4) is 0 Å². The fraction of sp³-hybridized carbons (Fsp3) is 0. The molecular formula is C69H44N4S. The Morgan fingerprint density at radius 2 is 0.676 bits per heavy atom. The second-order valence-electron chi connectivity index (χ2n) is 18.7. The monoisotopic (exact) mass is 960 g/mol. The molecule has 0 saturated carbocycles. The summed E-state index contributed by atoms with van der Waals surface area (Å²) in [6, 6.07) is 95.8. The Morgan fingerprint density at radius 1 is 0.257 bits per heavy atom. The molecule has 3 aromatic heterocycles. The predicted molar refractivity (Wildman–Crippen MR) is 311 cm³/mol. The summed E-state index contributed by atoms with van der Waals surface area (Å²) in [4.78, 5) is 15.0. The first-order valence-electron chi connectivity index (χ1n) is 25.0. The van der Waals surface area contributed by atoms with Gasteiger partial charge in [0.1, 0.15) is 0 Å². The number of nitrogens with zero attached hydrogens (tertiary/aromatic N) is 4. The summed E-state index contributed by atoms with van der Waals surface area (Å²) in [5.41, 5.74) is 18.2. The summed E-state index contributed by atoms with van der Waals surface area (Å²) in [7, 11) is 0. The zero-order valence-electron chi connectivity index (χ0n) is 40.1. The van der Waals surface area contributed by atoms with Crippen molar-refractivity contribution in [1.29, 1.82) is 0 Å². The minimum atomic E-state index is 0.650. The van der Waals surface area contributed by atoms with Gasteiger partial charge in [-0.15, -0.1) is 11.3 Å². The molecule has 0 aliphatic carbocycles. The Morgan fingerprint density at radius 3 is 1.26 bits per heavy atom. The molecule has 0 fully saturated rings. The summed E-state index contributed by atoms with van der Waals surface area (Å²) >= 11 is 1.82. The third-order valence-corrected chi connectivity index (χ3v) is 15.4. The van der Waals surface area contributed by atoms with Crippen molar-refractivity contribution in [2.24, 2.45) is 0 Å². The van der Waals surface area contributed by atoms with Gasteiger partial charge in [0, 0.05) is 53.3 Å². The first kappa shape index (κ1) is 43.3. The second-order valence-corrected chi connectivity index (χ2v) is 19.8. The van der Waals surface area contributed by atoms with E-state index in [0.29, 0.717) is 17.5 Å². The van der Waals surface area contributed by atoms with E-state index in [1.165, 1.54) is 81.0 Å². The smallest absolute Gasteiger partial charge is 0.164 e. The number of benzene rings is 11. The first-order chi connectivity index (χ1) is 36.7. The van der Waals surface area contributed by atoms with Crippen LogP contribution in [0.4, 0.5) is 0 Å². The summed E-state index contributed by atoms with van der Waals surface area (Å²) < 4.78 is 4.89. The maximum atomic E-state index is 5.06. The van der Waals surface area contributed by atoms with E-state index in [1.807, 2.05) is 72.0 Å². The average molecular weight is 961 g/mol. The fourth-order valence-electron chi connectivity index (χ4n) is 10.7. The molecule has 0 atom stereocenters. The van der Waals surface area contributed by atoms with E-state index in [4.69, 9.17) is 15.0 Å². The van der Waals surface area contributed by atoms with Crippen molar-refractivity contribution in [3.63, 3.8) is 0 Å². The summed E-state index contributed by atoms with van der Waals surface area (Å²) in [5, 5.41) is 4.83. The maximum Gasteiger partial charge on any atom is 0.164 e. The van der Waals surface area contributed by atoms with Gasteiger partial charge in [0.25, 0.3) is 0 Å². The Kier molecular flexibility index (Phi) is 10.7. The summed E-state index contributed by atoms with van der Waals surface area (Å²) in [5.74, 6) is 1.96. The van der Waals surface area contributed by atoms with E-state index in [1.54, 1.807) is 0 Å². The van der Waals surface area contributed by atoms with Gasteiger partial charge in [-0.2, -0.15) is 0 Å². The van der Waals surface area contributed by atoms with Gasteiger partial charge in [-0.25, -0.2) is 15.0 Å². The highest BCUT2D eigenvalue weighted by Gasteiger charge is 2.20. The molecule has 0 unspecified atom stereocenters. The van der Waals surface area contributed by atoms with Crippen LogP contribution in [0.2, 0.25) is 0 Å². The normalized spacial score (nSPS) is 11.5. The molecule has 0 aliphatic heterocycles. The van der Waals surface area contributed by atoms with E-state index in [9.17, 15) is 0 Å². The van der Waals surface area contributed by atoms with E-state index >= 15 is 0 Å². The fourth-order valence-corrected chi connectivity index (χ4v) is 11.8. The van der Waals surface area contributed by atoms with Crippen LogP contribution in [0.15, 0.2) is 267 Å². The van der Waals surface area contributed by atoms with Crippen LogP contribution >= 0.6 is 11.3 Å². The van der Waals surface area contributed by atoms with Crippen LogP contribution in [0, 0.1) is 0 Å². The largest absolute Gasteiger partial charge is 0.309 e. The van der Waals surface area contributed by atoms with Crippen LogP contribution in [-0.2, 0) is 0 Å². The van der Waals surface area contributed by atoms with Crippen molar-refractivity contribution in [3.8, 4) is 95.5 Å². The van der Waals surface area contributed by atoms with Crippen LogP contribution in [-0.4, -0.2) is 19.5 Å². The highest BCUT2D eigenvalue weighted by Crippen LogP contribution is 2.45. The Balaban J connectivity index is 0.872. The SMILES string of the molecule is c1ccc(-c2nc(-c3ccccc3)nc(-c3ccc4sc5ccc(-c6ccc7c(c6)c6ccccc6n7-c6cccc(-c7cc(-c8ccccc8)c(-c8ccccc8)c(-c8ccccc8)c7)c6)cc5c4c3)n2)cc1. The van der Waals surface area contributed by atoms with E-state index in [0.717, 1.165) is 39.0 Å². The molecule has 11 aromatic carbocycles. The number of aromatic nitrogens is 4. The second kappa shape index (κ2) is 18.2. The molecule has 0 N–H and O–H groups in total. The van der Waals surface area contributed by atoms with Crippen molar-refractivity contribution in [2.75, 3.05) is 0 Å². The Bertz CT molecular complexity index is 4280. The molecule has 0 amide bonds.